The maximum absolute atomic E-state index is 12.8. The molecule has 0 saturated heterocycles. The van der Waals surface area contributed by atoms with Gasteiger partial charge in [-0.1, -0.05) is 64.6 Å². The number of imidazole rings is 1. The topological polar surface area (TPSA) is 56.1 Å². The lowest BCUT2D eigenvalue weighted by atomic mass is 9.92. The Hall–Kier alpha value is -3.34. The maximum atomic E-state index is 12.8. The summed E-state index contributed by atoms with van der Waals surface area (Å²) >= 11 is 0. The number of para-hydroxylation sites is 2. The zero-order valence-electron chi connectivity index (χ0n) is 18.1. The van der Waals surface area contributed by atoms with Crippen molar-refractivity contribution >= 4 is 17.3 Å². The molecule has 5 heteroatoms. The third-order valence-corrected chi connectivity index (χ3v) is 5.01. The molecule has 5 nitrogen and oxygen atoms in total. The van der Waals surface area contributed by atoms with Crippen molar-refractivity contribution < 1.29 is 9.53 Å². The predicted molar refractivity (Wildman–Crippen MR) is 122 cm³/mol. The van der Waals surface area contributed by atoms with Crippen LogP contribution in [0.4, 0.5) is 5.69 Å². The highest BCUT2D eigenvalue weighted by molar-refractivity contribution is 5.93. The number of benzene rings is 2. The van der Waals surface area contributed by atoms with E-state index in [9.17, 15) is 4.79 Å². The fourth-order valence-corrected chi connectivity index (χ4v) is 3.40. The second kappa shape index (κ2) is 9.44. The van der Waals surface area contributed by atoms with Crippen LogP contribution in [0.25, 0.3) is 5.70 Å². The van der Waals surface area contributed by atoms with Gasteiger partial charge in [0.2, 0.25) is 0 Å². The van der Waals surface area contributed by atoms with Crippen molar-refractivity contribution in [1.82, 2.24) is 9.55 Å². The summed E-state index contributed by atoms with van der Waals surface area (Å²) in [6.07, 6.45) is 5.20. The third-order valence-electron chi connectivity index (χ3n) is 5.01. The number of aromatic nitrogens is 2. The van der Waals surface area contributed by atoms with Crippen molar-refractivity contribution in [3.63, 3.8) is 0 Å². The van der Waals surface area contributed by atoms with Crippen LogP contribution in [0.15, 0.2) is 67.8 Å². The Labute approximate surface area is 178 Å². The van der Waals surface area contributed by atoms with Gasteiger partial charge in [0.15, 0.2) is 6.61 Å². The lowest BCUT2D eigenvalue weighted by Gasteiger charge is -2.20. The number of ether oxygens (including phenoxy) is 1. The molecule has 0 bridgehead atoms. The van der Waals surface area contributed by atoms with Crippen molar-refractivity contribution in [2.45, 2.75) is 39.5 Å². The van der Waals surface area contributed by atoms with E-state index in [1.165, 1.54) is 0 Å². The molecule has 1 amide bonds. The average molecular weight is 404 g/mol. The fourth-order valence-electron chi connectivity index (χ4n) is 3.40. The van der Waals surface area contributed by atoms with Gasteiger partial charge < -0.3 is 14.6 Å². The van der Waals surface area contributed by atoms with E-state index in [1.54, 1.807) is 12.5 Å². The molecule has 0 saturated carbocycles. The second-order valence-electron chi connectivity index (χ2n) is 7.87. The van der Waals surface area contributed by atoms with Gasteiger partial charge in [0.25, 0.3) is 5.91 Å². The highest BCUT2D eigenvalue weighted by Crippen LogP contribution is 2.32. The van der Waals surface area contributed by atoms with Crippen LogP contribution in [-0.4, -0.2) is 22.1 Å². The van der Waals surface area contributed by atoms with Gasteiger partial charge in [-0.15, -0.1) is 0 Å². The van der Waals surface area contributed by atoms with Gasteiger partial charge in [0.1, 0.15) is 5.75 Å². The smallest absolute Gasteiger partial charge is 0.262 e. The van der Waals surface area contributed by atoms with E-state index in [-0.39, 0.29) is 12.5 Å². The van der Waals surface area contributed by atoms with Crippen LogP contribution < -0.4 is 10.1 Å². The molecule has 0 radical (unpaired) electrons. The average Bonchev–Trinajstić information content (AvgIpc) is 3.26. The van der Waals surface area contributed by atoms with Crippen LogP contribution in [0.3, 0.4) is 0 Å². The Kier molecular flexibility index (Phi) is 6.72. The Morgan fingerprint density at radius 2 is 1.73 bits per heavy atom. The molecule has 1 N–H and O–H groups in total. The number of anilines is 1. The predicted octanol–water partition coefficient (Wildman–Crippen LogP) is 5.67. The minimum absolute atomic E-state index is 0.0851. The summed E-state index contributed by atoms with van der Waals surface area (Å²) in [7, 11) is 0. The largest absolute Gasteiger partial charge is 0.483 e. The van der Waals surface area contributed by atoms with Gasteiger partial charge in [-0.05, 0) is 35.1 Å². The van der Waals surface area contributed by atoms with E-state index < -0.39 is 0 Å². The molecule has 0 aliphatic rings. The van der Waals surface area contributed by atoms with Crippen molar-refractivity contribution in [2.75, 3.05) is 11.9 Å². The first-order valence-electron chi connectivity index (χ1n) is 10.2. The highest BCUT2D eigenvalue weighted by atomic mass is 16.5. The van der Waals surface area contributed by atoms with E-state index in [2.05, 4.69) is 62.8 Å². The molecule has 0 unspecified atom stereocenters. The maximum Gasteiger partial charge on any atom is 0.262 e. The third kappa shape index (κ3) is 4.79. The molecular formula is C25H29N3O2. The summed E-state index contributed by atoms with van der Waals surface area (Å²) in [6, 6.07) is 13.7. The quantitative estimate of drug-likeness (QED) is 0.527. The zero-order chi connectivity index (χ0) is 21.7. The minimum Gasteiger partial charge on any atom is -0.483 e. The Morgan fingerprint density at radius 3 is 2.33 bits per heavy atom. The van der Waals surface area contributed by atoms with Crippen molar-refractivity contribution in [2.24, 2.45) is 0 Å². The molecular weight excluding hydrogens is 374 g/mol. The van der Waals surface area contributed by atoms with E-state index >= 15 is 0 Å². The first-order valence-corrected chi connectivity index (χ1v) is 10.2. The van der Waals surface area contributed by atoms with Crippen molar-refractivity contribution in [3.8, 4) is 5.75 Å². The lowest BCUT2D eigenvalue weighted by molar-refractivity contribution is -0.118. The SMILES string of the molecule is C=C(c1ccccc1OCC(=O)Nc1c(C(C)C)cccc1C(C)C)n1ccnc1. The van der Waals surface area contributed by atoms with Crippen LogP contribution in [-0.2, 0) is 4.79 Å². The van der Waals surface area contributed by atoms with Crippen LogP contribution in [0.2, 0.25) is 0 Å². The fraction of sp³-hybridized carbons (Fsp3) is 0.280. The van der Waals surface area contributed by atoms with E-state index in [1.807, 2.05) is 35.0 Å². The molecule has 2 aromatic carbocycles. The Balaban J connectivity index is 1.76. The number of nitrogens with zero attached hydrogens (tertiary/aromatic N) is 2. The summed E-state index contributed by atoms with van der Waals surface area (Å²) in [5.41, 5.74) is 4.70. The van der Waals surface area contributed by atoms with Gasteiger partial charge in [-0.3, -0.25) is 4.79 Å². The standard InChI is InChI=1S/C25H29N3O2/c1-17(2)20-10-8-11-21(18(3)4)25(20)27-24(29)15-30-23-12-7-6-9-22(23)19(5)28-14-13-26-16-28/h6-14,16-18H,5,15H2,1-4H3,(H,27,29). The molecule has 3 rings (SSSR count). The molecule has 0 aliphatic heterocycles. The Bertz CT molecular complexity index is 994. The summed E-state index contributed by atoms with van der Waals surface area (Å²) in [5, 5.41) is 3.09. The molecule has 30 heavy (non-hydrogen) atoms. The summed E-state index contributed by atoms with van der Waals surface area (Å²) in [6.45, 7) is 12.6. The zero-order valence-corrected chi connectivity index (χ0v) is 18.1. The van der Waals surface area contributed by atoms with Crippen LogP contribution in [0, 0.1) is 0 Å². The van der Waals surface area contributed by atoms with E-state index in [0.717, 1.165) is 28.1 Å². The summed E-state index contributed by atoms with van der Waals surface area (Å²) in [5.74, 6) is 1.03. The normalized spacial score (nSPS) is 11.0. The number of nitrogens with one attached hydrogen (secondary N) is 1. The van der Waals surface area contributed by atoms with Gasteiger partial charge in [-0.25, -0.2) is 4.98 Å². The number of carbonyl (C=O) groups excluding carboxylic acids is 1. The Morgan fingerprint density at radius 1 is 1.07 bits per heavy atom. The molecule has 1 aromatic heterocycles. The molecule has 0 fully saturated rings. The van der Waals surface area contributed by atoms with Crippen LogP contribution in [0.1, 0.15) is 56.2 Å². The number of amides is 1. The van der Waals surface area contributed by atoms with Crippen molar-refractivity contribution in [1.29, 1.82) is 0 Å². The molecule has 1 heterocycles. The first kappa shape index (κ1) is 21.4. The van der Waals surface area contributed by atoms with Gasteiger partial charge in [-0.2, -0.15) is 0 Å². The second-order valence-corrected chi connectivity index (χ2v) is 7.87. The van der Waals surface area contributed by atoms with E-state index in [0.29, 0.717) is 17.6 Å². The monoisotopic (exact) mass is 403 g/mol. The van der Waals surface area contributed by atoms with Gasteiger partial charge in [0, 0.05) is 23.6 Å². The highest BCUT2D eigenvalue weighted by Gasteiger charge is 2.17. The van der Waals surface area contributed by atoms with Crippen LogP contribution >= 0.6 is 0 Å². The number of hydrogen-bond donors (Lipinski definition) is 1. The lowest BCUT2D eigenvalue weighted by Crippen LogP contribution is -2.22. The van der Waals surface area contributed by atoms with Crippen molar-refractivity contribution in [3.05, 3.63) is 84.5 Å². The number of carbonyl (C=O) groups is 1. The minimum atomic E-state index is -0.187. The molecule has 0 spiro atoms. The van der Waals surface area contributed by atoms with Crippen LogP contribution in [0.5, 0.6) is 5.75 Å². The first-order chi connectivity index (χ1) is 14.4. The molecule has 0 atom stereocenters. The number of hydrogen-bond acceptors (Lipinski definition) is 3. The molecule has 156 valence electrons. The summed E-state index contributed by atoms with van der Waals surface area (Å²) < 4.78 is 7.70. The number of rotatable bonds is 8. The molecule has 3 aromatic rings. The van der Waals surface area contributed by atoms with Gasteiger partial charge >= 0.3 is 0 Å². The summed E-state index contributed by atoms with van der Waals surface area (Å²) in [4.78, 5) is 16.8. The van der Waals surface area contributed by atoms with E-state index in [4.69, 9.17) is 4.74 Å². The van der Waals surface area contributed by atoms with Gasteiger partial charge in [0.05, 0.1) is 12.0 Å². The molecule has 0 aliphatic carbocycles.